The van der Waals surface area contributed by atoms with Gasteiger partial charge < -0.3 is 0 Å². The molecule has 1 aliphatic heterocycles. The van der Waals surface area contributed by atoms with Crippen LogP contribution in [0.15, 0.2) is 0 Å². The van der Waals surface area contributed by atoms with Crippen LogP contribution in [-0.2, 0) is 0.545 Å². The molecule has 2 nitrogen and oxygen atoms in total. The third-order valence-electron chi connectivity index (χ3n) is 2.29. The van der Waals surface area contributed by atoms with Gasteiger partial charge in [-0.15, -0.1) is 0 Å². The zero-order valence-electron chi connectivity index (χ0n) is 6.71. The van der Waals surface area contributed by atoms with Crippen molar-refractivity contribution in [2.45, 2.75) is 5.59 Å². The predicted molar refractivity (Wildman–Crippen MR) is 41.4 cm³/mol. The summed E-state index contributed by atoms with van der Waals surface area (Å²) in [5.41, 5.74) is 0. The van der Waals surface area contributed by atoms with Gasteiger partial charge in [0, 0.05) is 0 Å². The molecular weight excluding hydrogens is 433 g/mol. The fourth-order valence-corrected chi connectivity index (χ4v) is 4.73. The quantitative estimate of drug-likeness (QED) is 0.549. The van der Waals surface area contributed by atoms with Crippen molar-refractivity contribution in [2.24, 2.45) is 5.92 Å². The van der Waals surface area contributed by atoms with Crippen molar-refractivity contribution in [2.75, 3.05) is 13.1 Å². The summed E-state index contributed by atoms with van der Waals surface area (Å²) in [6.07, 6.45) is 1.37. The summed E-state index contributed by atoms with van der Waals surface area (Å²) < 4.78 is 8.64. The summed E-state index contributed by atoms with van der Waals surface area (Å²) in [5.74, 6) is 0.889. The van der Waals surface area contributed by atoms with Crippen molar-refractivity contribution in [3.8, 4) is 0 Å². The molecule has 1 aliphatic rings. The van der Waals surface area contributed by atoms with Gasteiger partial charge >= 0.3 is 138 Å². The Bertz CT molecular complexity index is 118. The van der Waals surface area contributed by atoms with E-state index in [1.165, 1.54) is 19.5 Å². The first kappa shape index (κ1) is 11.7. The first-order valence-corrected chi connectivity index (χ1v) is 10.5. The number of rotatable bonds is 2. The average Bonchev–Trinajstić information content (AvgIpc) is 2.34. The van der Waals surface area contributed by atoms with E-state index in [-0.39, 0.29) is 0 Å². The second-order valence-electron chi connectivity index (χ2n) is 2.98. The molecule has 0 aromatic heterocycles. The fraction of sp³-hybridized carbons (Fsp3) is 1.00. The number of hydrogen-bond donors (Lipinski definition) is 0. The molecule has 3 unspecified atom stereocenters. The summed E-state index contributed by atoms with van der Waals surface area (Å²) in [6, 6.07) is 0. The number of nitrogens with zero attached hydrogens (tertiary/aromatic N) is 1. The molecule has 0 amide bonds. The predicted octanol–water partition coefficient (Wildman–Crippen LogP) is -0.194. The first-order chi connectivity index (χ1) is 4.74. The van der Waals surface area contributed by atoms with Crippen molar-refractivity contribution in [1.29, 1.82) is 0 Å². The molecular formula is C5H11NOPRaRb. The third kappa shape index (κ3) is 3.78. The fourth-order valence-electron chi connectivity index (χ4n) is 1.39. The van der Waals surface area contributed by atoms with Gasteiger partial charge in [-0.1, -0.05) is 0 Å². The molecule has 0 aromatic rings. The molecule has 1 saturated heterocycles. The summed E-state index contributed by atoms with van der Waals surface area (Å²) in [4.78, 5) is 0. The van der Waals surface area contributed by atoms with Crippen molar-refractivity contribution in [1.82, 2.24) is 4.67 Å². The monoisotopic (exact) mass is 443 g/mol. The SMILES string of the molecule is PN1CCC([CH]([Rb])[O][RaH])C1. The maximum atomic E-state index is 5.57. The summed E-state index contributed by atoms with van der Waals surface area (Å²) in [6.45, 7) is 2.51. The van der Waals surface area contributed by atoms with E-state index in [0.29, 0.717) is 43.4 Å². The molecule has 0 spiro atoms. The van der Waals surface area contributed by atoms with Crippen LogP contribution < -0.4 is 0 Å². The molecule has 0 N–H and O–H groups in total. The van der Waals surface area contributed by atoms with Crippen LogP contribution in [-0.4, -0.2) is 72.5 Å². The van der Waals surface area contributed by atoms with Gasteiger partial charge in [-0.3, -0.25) is 0 Å². The van der Waals surface area contributed by atoms with Crippen LogP contribution in [0.4, 0.5) is 0 Å². The molecule has 5 heteroatoms. The van der Waals surface area contributed by atoms with E-state index in [1.807, 2.05) is 0 Å². The van der Waals surface area contributed by atoms with Crippen molar-refractivity contribution >= 4 is 64.9 Å². The van der Waals surface area contributed by atoms with E-state index in [0.717, 1.165) is 60.6 Å². The summed E-state index contributed by atoms with van der Waals surface area (Å²) in [7, 11) is 2.78. The van der Waals surface area contributed by atoms with E-state index in [2.05, 4.69) is 14.1 Å². The summed E-state index contributed by atoms with van der Waals surface area (Å²) in [5, 5.41) is 0. The topological polar surface area (TPSA) is 12.5 Å². The van der Waals surface area contributed by atoms with E-state index in [4.69, 9.17) is 0.545 Å². The molecule has 10 heavy (non-hydrogen) atoms. The molecule has 0 aromatic carbocycles. The Hall–Kier alpha value is 3.62. The van der Waals surface area contributed by atoms with Crippen LogP contribution in [0.25, 0.3) is 0 Å². The molecule has 0 aliphatic carbocycles. The van der Waals surface area contributed by atoms with Crippen molar-refractivity contribution in [3.05, 3.63) is 0 Å². The number of hydrogen-bond acceptors (Lipinski definition) is 2. The minimum absolute atomic E-state index is 0.332. The van der Waals surface area contributed by atoms with Gasteiger partial charge in [0.25, 0.3) is 0 Å². The van der Waals surface area contributed by atoms with Crippen molar-refractivity contribution in [3.63, 3.8) is 0 Å². The molecule has 1 fully saturated rings. The van der Waals surface area contributed by atoms with Crippen LogP contribution in [0.1, 0.15) is 6.42 Å². The van der Waals surface area contributed by atoms with Crippen LogP contribution in [0, 0.1) is 49.3 Å². The van der Waals surface area contributed by atoms with E-state index < -0.39 is 0 Å². The first-order valence-electron chi connectivity index (χ1n) is 3.76. The standard InChI is InChI=1S/C5H10NOP.Ra.Rb.H/c7-4-5-1-2-6(8)3-5;;;/h4-5H,1-3,8H2;;;/q-1;+1;;. The molecule has 0 radical (unpaired) electrons. The van der Waals surface area contributed by atoms with Gasteiger partial charge in [-0.25, -0.2) is 0 Å². The molecule has 0 saturated carbocycles. The van der Waals surface area contributed by atoms with Crippen LogP contribution in [0.2, 0.25) is 0 Å². The van der Waals surface area contributed by atoms with E-state index >= 15 is 0 Å². The van der Waals surface area contributed by atoms with Crippen LogP contribution in [0.5, 0.6) is 0 Å². The third-order valence-corrected chi connectivity index (χ3v) is 18.8. The molecule has 0 bridgehead atoms. The molecule has 50 valence electrons. The molecule has 3 atom stereocenters. The van der Waals surface area contributed by atoms with E-state index in [1.54, 1.807) is 0 Å². The second kappa shape index (κ2) is 6.17. The van der Waals surface area contributed by atoms with Crippen LogP contribution >= 0.6 is 9.39 Å². The zero-order valence-corrected chi connectivity index (χ0v) is 21.0. The Labute approximate surface area is 134 Å². The minimum atomic E-state index is 0.332. The van der Waals surface area contributed by atoms with Crippen molar-refractivity contribution < 1.29 is 44.0 Å². The summed E-state index contributed by atoms with van der Waals surface area (Å²) >= 11 is 1.05. The molecule has 1 heterocycles. The Morgan fingerprint density at radius 2 is 2.50 bits per heavy atom. The van der Waals surface area contributed by atoms with Gasteiger partial charge in [0.1, 0.15) is 0 Å². The normalized spacial score (nSPS) is 30.8. The average molecular weight is 444 g/mol. The van der Waals surface area contributed by atoms with Gasteiger partial charge in [0.05, 0.1) is 0 Å². The van der Waals surface area contributed by atoms with Gasteiger partial charge in [0.2, 0.25) is 0 Å². The Balaban J connectivity index is 2.29. The Morgan fingerprint density at radius 1 is 1.80 bits per heavy atom. The Morgan fingerprint density at radius 3 is 2.90 bits per heavy atom. The van der Waals surface area contributed by atoms with Gasteiger partial charge in [0.15, 0.2) is 0 Å². The molecule has 1 rings (SSSR count). The van der Waals surface area contributed by atoms with Gasteiger partial charge in [-0.2, -0.15) is 0 Å². The van der Waals surface area contributed by atoms with E-state index in [9.17, 15) is 0 Å². The second-order valence-corrected chi connectivity index (χ2v) is 8.45. The maximum absolute atomic E-state index is 5.57. The van der Waals surface area contributed by atoms with Crippen LogP contribution in [0.3, 0.4) is 0 Å². The Kier molecular flexibility index (Phi) is 7.22. The zero-order chi connectivity index (χ0) is 7.56. The van der Waals surface area contributed by atoms with Gasteiger partial charge in [-0.05, 0) is 0 Å².